The van der Waals surface area contributed by atoms with Crippen molar-refractivity contribution < 1.29 is 19.0 Å². The normalized spacial score (nSPS) is 15.9. The van der Waals surface area contributed by atoms with Crippen LogP contribution in [0.2, 0.25) is 5.02 Å². The van der Waals surface area contributed by atoms with Crippen molar-refractivity contribution in [3.8, 4) is 23.3 Å². The van der Waals surface area contributed by atoms with E-state index < -0.39 is 6.09 Å². The molecule has 2 aromatic heterocycles. The highest BCUT2D eigenvalue weighted by atomic mass is 35.5. The lowest BCUT2D eigenvalue weighted by Crippen LogP contribution is -2.62. The number of ether oxygens (including phenoxy) is 3. The summed E-state index contributed by atoms with van der Waals surface area (Å²) in [6.07, 6.45) is 2.72. The van der Waals surface area contributed by atoms with Gasteiger partial charge in [0.2, 0.25) is 0 Å². The summed E-state index contributed by atoms with van der Waals surface area (Å²) in [6, 6.07) is 14.8. The first-order chi connectivity index (χ1) is 20.6. The van der Waals surface area contributed by atoms with Crippen molar-refractivity contribution in [1.82, 2.24) is 20.2 Å². The number of hydrogen-bond donors (Lipinski definition) is 2. The Morgan fingerprint density at radius 2 is 2.05 bits per heavy atom. The smallest absolute Gasteiger partial charge is 0.415 e. The van der Waals surface area contributed by atoms with Gasteiger partial charge >= 0.3 is 6.09 Å². The van der Waals surface area contributed by atoms with Crippen molar-refractivity contribution in [2.75, 3.05) is 25.5 Å². The molecule has 1 amide bonds. The molecular weight excluding hydrogens is 568 g/mol. The van der Waals surface area contributed by atoms with E-state index in [4.69, 9.17) is 25.8 Å². The van der Waals surface area contributed by atoms with Crippen molar-refractivity contribution in [3.05, 3.63) is 76.7 Å². The predicted octanol–water partition coefficient (Wildman–Crippen LogP) is 6.37. The summed E-state index contributed by atoms with van der Waals surface area (Å²) in [7, 11) is 1.49. The molecule has 4 aromatic rings. The fourth-order valence-electron chi connectivity index (χ4n) is 5.23. The number of nitriles is 1. The van der Waals surface area contributed by atoms with Gasteiger partial charge in [0.25, 0.3) is 0 Å². The van der Waals surface area contributed by atoms with E-state index in [-0.39, 0.29) is 17.3 Å². The molecule has 43 heavy (non-hydrogen) atoms. The third kappa shape index (κ3) is 6.74. The standard InChI is InChI=1S/C32H33ClN6O4/c1-19-7-6-10-35-27(19)17-42-22-8-9-25(24(33)11-22)37-30-21(14-34)15-36-26-13-29(28(41-5)12-23(26)30)43-31(40)39-16-20(2)38-32(3,4)18-39/h6-13,15,20,38H,16-18H2,1-5H3,(H,36,37)/t20-/m0/s1. The maximum Gasteiger partial charge on any atom is 0.415 e. The van der Waals surface area contributed by atoms with Crippen LogP contribution in [0.25, 0.3) is 10.9 Å². The molecule has 0 radical (unpaired) electrons. The summed E-state index contributed by atoms with van der Waals surface area (Å²) in [5.41, 5.74) is 3.49. The van der Waals surface area contributed by atoms with Crippen molar-refractivity contribution in [2.24, 2.45) is 0 Å². The molecule has 10 nitrogen and oxygen atoms in total. The largest absolute Gasteiger partial charge is 0.493 e. The van der Waals surface area contributed by atoms with Crippen LogP contribution in [0, 0.1) is 18.3 Å². The van der Waals surface area contributed by atoms with Gasteiger partial charge in [0, 0.05) is 54.6 Å². The number of carbonyl (C=O) groups is 1. The van der Waals surface area contributed by atoms with Gasteiger partial charge in [0.1, 0.15) is 18.4 Å². The first-order valence-electron chi connectivity index (χ1n) is 13.8. The number of methoxy groups -OCH3 is 1. The average Bonchev–Trinajstić information content (AvgIpc) is 2.96. The van der Waals surface area contributed by atoms with Crippen LogP contribution in [0.15, 0.2) is 54.9 Å². The van der Waals surface area contributed by atoms with E-state index in [1.165, 1.54) is 13.3 Å². The van der Waals surface area contributed by atoms with Crippen LogP contribution < -0.4 is 24.8 Å². The second-order valence-corrected chi connectivity index (χ2v) is 11.6. The topological polar surface area (TPSA) is 122 Å². The quantitative estimate of drug-likeness (QED) is 0.249. The molecular formula is C32H33ClN6O4. The van der Waals surface area contributed by atoms with Crippen LogP contribution in [-0.4, -0.2) is 52.7 Å². The lowest BCUT2D eigenvalue weighted by molar-refractivity contribution is 0.102. The number of nitrogens with zero attached hydrogens (tertiary/aromatic N) is 4. The third-order valence-corrected chi connectivity index (χ3v) is 7.45. The van der Waals surface area contributed by atoms with Crippen LogP contribution in [0.1, 0.15) is 37.6 Å². The number of aromatic nitrogens is 2. The Balaban J connectivity index is 1.40. The Morgan fingerprint density at radius 1 is 1.23 bits per heavy atom. The second-order valence-electron chi connectivity index (χ2n) is 11.2. The second kappa shape index (κ2) is 12.3. The highest BCUT2D eigenvalue weighted by molar-refractivity contribution is 6.33. The monoisotopic (exact) mass is 600 g/mol. The van der Waals surface area contributed by atoms with Crippen LogP contribution in [0.3, 0.4) is 0 Å². The number of rotatable bonds is 7. The number of carbonyl (C=O) groups excluding carboxylic acids is 1. The van der Waals surface area contributed by atoms with Gasteiger partial charge in [-0.25, -0.2) is 4.79 Å². The third-order valence-electron chi connectivity index (χ3n) is 7.14. The molecule has 0 aliphatic carbocycles. The lowest BCUT2D eigenvalue weighted by Gasteiger charge is -2.42. The molecule has 3 heterocycles. The molecule has 1 aliphatic heterocycles. The highest BCUT2D eigenvalue weighted by Gasteiger charge is 2.33. The summed E-state index contributed by atoms with van der Waals surface area (Å²) in [6.45, 7) is 9.41. The number of aryl methyl sites for hydroxylation is 1. The van der Waals surface area contributed by atoms with Crippen LogP contribution in [0.4, 0.5) is 16.2 Å². The molecule has 2 aromatic carbocycles. The van der Waals surface area contributed by atoms with E-state index in [0.717, 1.165) is 11.3 Å². The molecule has 1 atom stereocenters. The fourth-order valence-corrected chi connectivity index (χ4v) is 5.45. The van der Waals surface area contributed by atoms with Gasteiger partial charge in [0.15, 0.2) is 11.5 Å². The van der Waals surface area contributed by atoms with Crippen LogP contribution >= 0.6 is 11.6 Å². The van der Waals surface area contributed by atoms with Crippen LogP contribution in [-0.2, 0) is 6.61 Å². The zero-order valence-corrected chi connectivity index (χ0v) is 25.5. The predicted molar refractivity (Wildman–Crippen MR) is 165 cm³/mol. The van der Waals surface area contributed by atoms with Crippen molar-refractivity contribution in [3.63, 3.8) is 0 Å². The van der Waals surface area contributed by atoms with E-state index in [2.05, 4.69) is 26.7 Å². The van der Waals surface area contributed by atoms with E-state index in [1.54, 1.807) is 41.4 Å². The molecule has 2 N–H and O–H groups in total. The molecule has 0 bridgehead atoms. The lowest BCUT2D eigenvalue weighted by atomic mass is 10.00. The summed E-state index contributed by atoms with van der Waals surface area (Å²) in [5.74, 6) is 1.13. The molecule has 11 heteroatoms. The van der Waals surface area contributed by atoms with Gasteiger partial charge in [0.05, 0.1) is 40.3 Å². The minimum absolute atomic E-state index is 0.118. The Bertz CT molecular complexity index is 1720. The maximum absolute atomic E-state index is 13.1. The Hall–Kier alpha value is -4.59. The van der Waals surface area contributed by atoms with Gasteiger partial charge in [-0.05, 0) is 57.5 Å². The molecule has 1 aliphatic rings. The minimum Gasteiger partial charge on any atom is -0.493 e. The van der Waals surface area contributed by atoms with Crippen molar-refractivity contribution >= 4 is 40.0 Å². The van der Waals surface area contributed by atoms with Crippen molar-refractivity contribution in [1.29, 1.82) is 5.26 Å². The first-order valence-corrected chi connectivity index (χ1v) is 14.2. The summed E-state index contributed by atoms with van der Waals surface area (Å²) in [5, 5.41) is 17.6. The van der Waals surface area contributed by atoms with E-state index in [1.807, 2.05) is 39.8 Å². The number of benzene rings is 2. The number of hydrogen-bond acceptors (Lipinski definition) is 9. The average molecular weight is 601 g/mol. The SMILES string of the molecule is COc1cc2c(Nc3ccc(OCc4ncccc4C)cc3Cl)c(C#N)cnc2cc1OC(=O)N1C[C@H](C)NC(C)(C)C1. The molecule has 1 fully saturated rings. The van der Waals surface area contributed by atoms with Gasteiger partial charge in [-0.3, -0.25) is 9.97 Å². The highest BCUT2D eigenvalue weighted by Crippen LogP contribution is 2.39. The summed E-state index contributed by atoms with van der Waals surface area (Å²) in [4.78, 5) is 23.6. The Labute approximate surface area is 255 Å². The number of piperazine rings is 1. The number of amides is 1. The summed E-state index contributed by atoms with van der Waals surface area (Å²) >= 11 is 6.64. The first kappa shape index (κ1) is 29.9. The number of pyridine rings is 2. The van der Waals surface area contributed by atoms with Gasteiger partial charge in [-0.15, -0.1) is 0 Å². The zero-order chi connectivity index (χ0) is 30.7. The zero-order valence-electron chi connectivity index (χ0n) is 24.7. The van der Waals surface area contributed by atoms with Gasteiger partial charge < -0.3 is 29.7 Å². The molecule has 5 rings (SSSR count). The number of fused-ring (bicyclic) bond motifs is 1. The van der Waals surface area contributed by atoms with Crippen LogP contribution in [0.5, 0.6) is 17.2 Å². The van der Waals surface area contributed by atoms with Gasteiger partial charge in [-0.1, -0.05) is 17.7 Å². The van der Waals surface area contributed by atoms with Crippen molar-refractivity contribution in [2.45, 2.75) is 45.9 Å². The number of halogens is 1. The van der Waals surface area contributed by atoms with E-state index in [9.17, 15) is 10.1 Å². The molecule has 0 unspecified atom stereocenters. The van der Waals surface area contributed by atoms with E-state index in [0.29, 0.717) is 64.1 Å². The Kier molecular flexibility index (Phi) is 8.57. The number of nitrogens with one attached hydrogen (secondary N) is 2. The summed E-state index contributed by atoms with van der Waals surface area (Å²) < 4.78 is 17.3. The maximum atomic E-state index is 13.1. The molecule has 0 spiro atoms. The van der Waals surface area contributed by atoms with E-state index >= 15 is 0 Å². The number of anilines is 2. The minimum atomic E-state index is -0.474. The molecule has 0 saturated carbocycles. The van der Waals surface area contributed by atoms with Gasteiger partial charge in [-0.2, -0.15) is 5.26 Å². The molecule has 1 saturated heterocycles. The fraction of sp³-hybridized carbons (Fsp3) is 0.312. The Morgan fingerprint density at radius 3 is 2.74 bits per heavy atom. The molecule has 222 valence electrons.